The van der Waals surface area contributed by atoms with E-state index in [1.165, 1.54) is 48.0 Å². The maximum Gasteiger partial charge on any atom is 0.0342 e. The summed E-state index contributed by atoms with van der Waals surface area (Å²) < 4.78 is 1.29. The monoisotopic (exact) mass is 301 g/mol. The zero-order valence-corrected chi connectivity index (χ0v) is 12.3. The minimum atomic E-state index is 0.802. The molecule has 1 aliphatic rings. The smallest absolute Gasteiger partial charge is 0.0342 e. The number of rotatable bonds is 3. The number of hydrogen-bond acceptors (Lipinski definition) is 2. The lowest BCUT2D eigenvalue weighted by atomic mass is 10.1. The predicted octanol–water partition coefficient (Wildman–Crippen LogP) is 4.67. The molecule has 0 aliphatic carbocycles. The van der Waals surface area contributed by atoms with Gasteiger partial charge < -0.3 is 0 Å². The average molecular weight is 302 g/mol. The first kappa shape index (κ1) is 12.6. The van der Waals surface area contributed by atoms with Crippen molar-refractivity contribution in [3.63, 3.8) is 0 Å². The average Bonchev–Trinajstić information content (AvgIpc) is 2.56. The second-order valence-electron chi connectivity index (χ2n) is 4.57. The van der Waals surface area contributed by atoms with Crippen LogP contribution in [-0.2, 0) is 6.54 Å². The highest BCUT2D eigenvalue weighted by Crippen LogP contribution is 2.27. The van der Waals surface area contributed by atoms with Crippen LogP contribution in [0.4, 0.5) is 0 Å². The van der Waals surface area contributed by atoms with Crippen molar-refractivity contribution in [2.24, 2.45) is 0 Å². The van der Waals surface area contributed by atoms with E-state index in [2.05, 4.69) is 39.2 Å². The lowest BCUT2D eigenvalue weighted by molar-refractivity contribution is 0.187. The third kappa shape index (κ3) is 3.08. The molecule has 0 spiro atoms. The van der Waals surface area contributed by atoms with E-state index in [1.807, 2.05) is 11.3 Å². The summed E-state index contributed by atoms with van der Waals surface area (Å²) in [7, 11) is 0. The number of hydrogen-bond donors (Lipinski definition) is 0. The van der Waals surface area contributed by atoms with Gasteiger partial charge in [0.25, 0.3) is 0 Å². The largest absolute Gasteiger partial charge is 0.295 e. The molecule has 0 bridgehead atoms. The molecule has 1 aliphatic heterocycles. The number of halogens is 1. The Bertz CT molecular complexity index is 323. The van der Waals surface area contributed by atoms with Crippen LogP contribution >= 0.6 is 27.3 Å². The molecule has 1 atom stereocenters. The van der Waals surface area contributed by atoms with E-state index in [0.717, 1.165) is 12.6 Å². The standard InChI is InChI=1S/C13H20BrNS/c1-2-11-6-4-3-5-8-15(11)10-13-12(14)7-9-16-13/h7,9,11H,2-6,8,10H2,1H3. The van der Waals surface area contributed by atoms with E-state index in [-0.39, 0.29) is 0 Å². The summed E-state index contributed by atoms with van der Waals surface area (Å²) in [5, 5.41) is 2.18. The second-order valence-corrected chi connectivity index (χ2v) is 6.43. The quantitative estimate of drug-likeness (QED) is 0.784. The molecule has 0 aromatic carbocycles. The van der Waals surface area contributed by atoms with Crippen molar-refractivity contribution >= 4 is 27.3 Å². The molecule has 2 heterocycles. The van der Waals surface area contributed by atoms with Gasteiger partial charge in [-0.1, -0.05) is 19.8 Å². The van der Waals surface area contributed by atoms with Crippen molar-refractivity contribution in [3.8, 4) is 0 Å². The Balaban J connectivity index is 2.03. The summed E-state index contributed by atoms with van der Waals surface area (Å²) >= 11 is 5.51. The Labute approximate surface area is 111 Å². The number of likely N-dealkylation sites (tertiary alicyclic amines) is 1. The van der Waals surface area contributed by atoms with E-state index < -0.39 is 0 Å². The van der Waals surface area contributed by atoms with Gasteiger partial charge in [0, 0.05) is 21.9 Å². The molecule has 1 unspecified atom stereocenters. The number of thiophene rings is 1. The maximum absolute atomic E-state index is 3.64. The SMILES string of the molecule is CCC1CCCCCN1Cc1sccc1Br. The fraction of sp³-hybridized carbons (Fsp3) is 0.692. The van der Waals surface area contributed by atoms with E-state index in [0.29, 0.717) is 0 Å². The predicted molar refractivity (Wildman–Crippen MR) is 75.0 cm³/mol. The Kier molecular flexibility index (Phi) is 4.86. The Morgan fingerprint density at radius 2 is 2.31 bits per heavy atom. The molecule has 0 radical (unpaired) electrons. The summed E-state index contributed by atoms with van der Waals surface area (Å²) in [5.41, 5.74) is 0. The zero-order chi connectivity index (χ0) is 11.4. The van der Waals surface area contributed by atoms with Gasteiger partial charge in [-0.3, -0.25) is 4.90 Å². The van der Waals surface area contributed by atoms with Gasteiger partial charge in [0.05, 0.1) is 0 Å². The van der Waals surface area contributed by atoms with Crippen molar-refractivity contribution < 1.29 is 0 Å². The van der Waals surface area contributed by atoms with Gasteiger partial charge in [-0.15, -0.1) is 11.3 Å². The lowest BCUT2D eigenvalue weighted by Crippen LogP contribution is -2.33. The topological polar surface area (TPSA) is 3.24 Å². The Morgan fingerprint density at radius 3 is 3.00 bits per heavy atom. The highest BCUT2D eigenvalue weighted by molar-refractivity contribution is 9.10. The maximum atomic E-state index is 3.64. The molecule has 3 heteroatoms. The van der Waals surface area contributed by atoms with E-state index >= 15 is 0 Å². The molecule has 90 valence electrons. The minimum Gasteiger partial charge on any atom is -0.295 e. The van der Waals surface area contributed by atoms with Crippen molar-refractivity contribution in [2.75, 3.05) is 6.54 Å². The van der Waals surface area contributed by atoms with Crippen molar-refractivity contribution in [3.05, 3.63) is 20.8 Å². The van der Waals surface area contributed by atoms with Gasteiger partial charge in [-0.05, 0) is 53.2 Å². The summed E-state index contributed by atoms with van der Waals surface area (Å²) in [4.78, 5) is 4.17. The highest BCUT2D eigenvalue weighted by atomic mass is 79.9. The molecule has 1 aromatic rings. The van der Waals surface area contributed by atoms with Crippen LogP contribution in [0, 0.1) is 0 Å². The molecule has 16 heavy (non-hydrogen) atoms. The molecule has 2 rings (SSSR count). The first-order valence-electron chi connectivity index (χ1n) is 6.27. The fourth-order valence-corrected chi connectivity index (χ4v) is 4.03. The normalized spacial score (nSPS) is 23.2. The van der Waals surface area contributed by atoms with Gasteiger partial charge in [0.15, 0.2) is 0 Å². The van der Waals surface area contributed by atoms with Gasteiger partial charge in [0.2, 0.25) is 0 Å². The lowest BCUT2D eigenvalue weighted by Gasteiger charge is -2.28. The molecular formula is C13H20BrNS. The molecule has 1 nitrogen and oxygen atoms in total. The summed E-state index contributed by atoms with van der Waals surface area (Å²) in [6.07, 6.45) is 6.89. The molecule has 1 fully saturated rings. The molecule has 1 saturated heterocycles. The van der Waals surface area contributed by atoms with Gasteiger partial charge in [-0.2, -0.15) is 0 Å². The first-order chi connectivity index (χ1) is 7.81. The third-order valence-corrected chi connectivity index (χ3v) is 5.42. The van der Waals surface area contributed by atoms with E-state index in [4.69, 9.17) is 0 Å². The van der Waals surface area contributed by atoms with Crippen LogP contribution in [0.15, 0.2) is 15.9 Å². The molecule has 0 saturated carbocycles. The first-order valence-corrected chi connectivity index (χ1v) is 7.94. The van der Waals surface area contributed by atoms with Crippen LogP contribution in [0.1, 0.15) is 43.9 Å². The Hall–Kier alpha value is 0.140. The molecule has 0 amide bonds. The van der Waals surface area contributed by atoms with Crippen molar-refractivity contribution in [2.45, 2.75) is 51.6 Å². The summed E-state index contributed by atoms with van der Waals surface area (Å²) in [6, 6.07) is 2.97. The van der Waals surface area contributed by atoms with Gasteiger partial charge in [0.1, 0.15) is 0 Å². The fourth-order valence-electron chi connectivity index (χ4n) is 2.53. The van der Waals surface area contributed by atoms with E-state index in [9.17, 15) is 0 Å². The van der Waals surface area contributed by atoms with Crippen LogP contribution in [0.3, 0.4) is 0 Å². The molecule has 1 aromatic heterocycles. The van der Waals surface area contributed by atoms with Crippen molar-refractivity contribution in [1.29, 1.82) is 0 Å². The van der Waals surface area contributed by atoms with Gasteiger partial charge >= 0.3 is 0 Å². The zero-order valence-electron chi connectivity index (χ0n) is 9.92. The summed E-state index contributed by atoms with van der Waals surface area (Å²) in [5.74, 6) is 0. The van der Waals surface area contributed by atoms with Crippen LogP contribution in [0.2, 0.25) is 0 Å². The van der Waals surface area contributed by atoms with Crippen LogP contribution in [-0.4, -0.2) is 17.5 Å². The third-order valence-electron chi connectivity index (χ3n) is 3.51. The Morgan fingerprint density at radius 1 is 1.44 bits per heavy atom. The minimum absolute atomic E-state index is 0.802. The molecular weight excluding hydrogens is 282 g/mol. The highest BCUT2D eigenvalue weighted by Gasteiger charge is 2.20. The summed E-state index contributed by atoms with van der Waals surface area (Å²) in [6.45, 7) is 4.74. The second kappa shape index (κ2) is 6.18. The van der Waals surface area contributed by atoms with Gasteiger partial charge in [-0.25, -0.2) is 0 Å². The van der Waals surface area contributed by atoms with Crippen molar-refractivity contribution in [1.82, 2.24) is 4.90 Å². The number of nitrogens with zero attached hydrogens (tertiary/aromatic N) is 1. The molecule has 0 N–H and O–H groups in total. The van der Waals surface area contributed by atoms with E-state index in [1.54, 1.807) is 0 Å². The van der Waals surface area contributed by atoms with Crippen LogP contribution in [0.5, 0.6) is 0 Å². The van der Waals surface area contributed by atoms with Crippen LogP contribution < -0.4 is 0 Å². The van der Waals surface area contributed by atoms with Crippen LogP contribution in [0.25, 0.3) is 0 Å².